The van der Waals surface area contributed by atoms with E-state index in [1.807, 2.05) is 23.0 Å². The Labute approximate surface area is 307 Å². The lowest BCUT2D eigenvalue weighted by Gasteiger charge is -2.38. The normalized spacial score (nSPS) is 24.0. The number of para-hydroxylation sites is 1. The Kier molecular flexibility index (Phi) is 9.54. The van der Waals surface area contributed by atoms with Gasteiger partial charge >= 0.3 is 5.69 Å². The SMILES string of the molecule is Cn1c(=O)n(C2CCC(=O)NC2=O)c2cccc([C@@H]3CCN(C[C@H]4CC[C@H](n5cc6cc(NC(=O)c7cccc(C(F)F)n7)ncc6n5)CC4)C[C@H]3F)c21. The van der Waals surface area contributed by atoms with Gasteiger partial charge in [0.25, 0.3) is 12.3 Å². The number of carbonyl (C=O) groups is 3. The Morgan fingerprint density at radius 3 is 2.59 bits per heavy atom. The molecule has 1 unspecified atom stereocenters. The van der Waals surface area contributed by atoms with Crippen molar-refractivity contribution in [2.45, 2.75) is 75.5 Å². The van der Waals surface area contributed by atoms with Crippen LogP contribution in [0.4, 0.5) is 19.0 Å². The maximum absolute atomic E-state index is 16.1. The Bertz CT molecular complexity index is 2310. The molecule has 2 aliphatic heterocycles. The molecular formula is C38H40F3N9O4. The van der Waals surface area contributed by atoms with Crippen molar-refractivity contribution in [2.75, 3.05) is 25.0 Å². The van der Waals surface area contributed by atoms with Crippen LogP contribution in [0, 0.1) is 5.92 Å². The lowest BCUT2D eigenvalue weighted by molar-refractivity contribution is -0.135. The van der Waals surface area contributed by atoms with Crippen LogP contribution in [0.3, 0.4) is 0 Å². The van der Waals surface area contributed by atoms with E-state index in [1.54, 1.807) is 25.4 Å². The Morgan fingerprint density at radius 2 is 1.83 bits per heavy atom. The van der Waals surface area contributed by atoms with Gasteiger partial charge in [0.1, 0.15) is 34.9 Å². The summed E-state index contributed by atoms with van der Waals surface area (Å²) in [5, 5.41) is 10.5. The number of imidazole rings is 1. The number of benzene rings is 1. The monoisotopic (exact) mass is 743 g/mol. The number of nitrogens with zero attached hydrogens (tertiary/aromatic N) is 7. The Balaban J connectivity index is 0.874. The summed E-state index contributed by atoms with van der Waals surface area (Å²) in [4.78, 5) is 60.7. The molecule has 2 saturated heterocycles. The van der Waals surface area contributed by atoms with E-state index in [9.17, 15) is 28.0 Å². The second kappa shape index (κ2) is 14.5. The topological polar surface area (TPSA) is 149 Å². The highest BCUT2D eigenvalue weighted by molar-refractivity contribution is 6.03. The maximum atomic E-state index is 16.1. The van der Waals surface area contributed by atoms with Crippen molar-refractivity contribution in [3.05, 3.63) is 82.3 Å². The van der Waals surface area contributed by atoms with E-state index in [-0.39, 0.29) is 42.0 Å². The average molecular weight is 744 g/mol. The molecule has 1 aliphatic carbocycles. The molecule has 1 aromatic carbocycles. The number of imide groups is 1. The van der Waals surface area contributed by atoms with E-state index < -0.39 is 42.1 Å². The summed E-state index contributed by atoms with van der Waals surface area (Å²) in [6, 6.07) is 10.5. The number of halogens is 3. The molecule has 3 atom stereocenters. The van der Waals surface area contributed by atoms with Crippen LogP contribution >= 0.6 is 0 Å². The fourth-order valence-electron chi connectivity index (χ4n) is 8.52. The number of anilines is 1. The lowest BCUT2D eigenvalue weighted by atomic mass is 9.83. The summed E-state index contributed by atoms with van der Waals surface area (Å²) in [6.07, 6.45) is 4.35. The number of aryl methyl sites for hydroxylation is 1. The molecular weight excluding hydrogens is 703 g/mol. The zero-order valence-corrected chi connectivity index (χ0v) is 29.6. The van der Waals surface area contributed by atoms with Crippen LogP contribution in [0.25, 0.3) is 21.9 Å². The van der Waals surface area contributed by atoms with Gasteiger partial charge in [0, 0.05) is 44.1 Å². The molecule has 3 aliphatic rings. The summed E-state index contributed by atoms with van der Waals surface area (Å²) >= 11 is 0. The first-order valence-electron chi connectivity index (χ1n) is 18.4. The summed E-state index contributed by atoms with van der Waals surface area (Å²) in [7, 11) is 1.65. The van der Waals surface area contributed by atoms with Crippen LogP contribution in [-0.2, 0) is 16.6 Å². The number of likely N-dealkylation sites (tertiary alicyclic amines) is 1. The number of nitrogens with one attached hydrogen (secondary N) is 2. The third-order valence-corrected chi connectivity index (χ3v) is 11.3. The van der Waals surface area contributed by atoms with Crippen molar-refractivity contribution in [1.82, 2.24) is 39.1 Å². The number of fused-ring (bicyclic) bond motifs is 2. The van der Waals surface area contributed by atoms with Gasteiger partial charge in [-0.15, -0.1) is 0 Å². The molecule has 1 saturated carbocycles. The van der Waals surface area contributed by atoms with Crippen molar-refractivity contribution < 1.29 is 27.6 Å². The number of aromatic nitrogens is 6. The van der Waals surface area contributed by atoms with Gasteiger partial charge in [-0.1, -0.05) is 18.2 Å². The zero-order valence-electron chi connectivity index (χ0n) is 29.6. The van der Waals surface area contributed by atoms with E-state index in [0.717, 1.165) is 49.7 Å². The van der Waals surface area contributed by atoms with Gasteiger partial charge in [0.05, 0.1) is 23.3 Å². The van der Waals surface area contributed by atoms with Crippen LogP contribution in [0.5, 0.6) is 0 Å². The number of carbonyl (C=O) groups excluding carboxylic acids is 3. The molecule has 3 amide bonds. The van der Waals surface area contributed by atoms with Crippen LogP contribution in [0.15, 0.2) is 59.7 Å². The molecule has 2 N–H and O–H groups in total. The molecule has 0 radical (unpaired) electrons. The number of hydrogen-bond acceptors (Lipinski definition) is 8. The van der Waals surface area contributed by atoms with E-state index in [1.165, 1.54) is 27.3 Å². The van der Waals surface area contributed by atoms with Crippen molar-refractivity contribution in [2.24, 2.45) is 13.0 Å². The highest BCUT2D eigenvalue weighted by atomic mass is 19.3. The minimum atomic E-state index is -2.78. The minimum Gasteiger partial charge on any atom is -0.305 e. The molecule has 5 aromatic rings. The van der Waals surface area contributed by atoms with E-state index in [4.69, 9.17) is 5.10 Å². The van der Waals surface area contributed by atoms with E-state index in [0.29, 0.717) is 35.4 Å². The average Bonchev–Trinajstić information content (AvgIpc) is 3.70. The molecule has 8 rings (SSSR count). The van der Waals surface area contributed by atoms with Crippen LogP contribution in [0.2, 0.25) is 0 Å². The van der Waals surface area contributed by atoms with Crippen molar-refractivity contribution in [1.29, 1.82) is 0 Å². The Hall–Kier alpha value is -5.38. The molecule has 282 valence electrons. The first kappa shape index (κ1) is 35.6. The fourth-order valence-corrected chi connectivity index (χ4v) is 8.52. The van der Waals surface area contributed by atoms with Gasteiger partial charge in [-0.05, 0) is 80.8 Å². The van der Waals surface area contributed by atoms with E-state index >= 15 is 4.39 Å². The third-order valence-electron chi connectivity index (χ3n) is 11.3. The number of alkyl halides is 3. The molecule has 3 fully saturated rings. The van der Waals surface area contributed by atoms with Gasteiger partial charge in [-0.25, -0.2) is 27.9 Å². The summed E-state index contributed by atoms with van der Waals surface area (Å²) in [5.74, 6) is -1.19. The largest absolute Gasteiger partial charge is 0.329 e. The van der Waals surface area contributed by atoms with Crippen molar-refractivity contribution in [3.8, 4) is 0 Å². The number of rotatable bonds is 8. The van der Waals surface area contributed by atoms with Gasteiger partial charge in [0.15, 0.2) is 0 Å². The highest BCUT2D eigenvalue weighted by Gasteiger charge is 2.36. The quantitative estimate of drug-likeness (QED) is 0.206. The smallest absolute Gasteiger partial charge is 0.305 e. The second-order valence-electron chi connectivity index (χ2n) is 14.7. The zero-order chi connectivity index (χ0) is 37.7. The van der Waals surface area contributed by atoms with E-state index in [2.05, 4.69) is 25.5 Å². The number of pyridine rings is 2. The van der Waals surface area contributed by atoms with Crippen molar-refractivity contribution >= 4 is 45.5 Å². The van der Waals surface area contributed by atoms with Gasteiger partial charge in [-0.2, -0.15) is 5.10 Å². The minimum absolute atomic E-state index is 0.126. The molecule has 13 nitrogen and oxygen atoms in total. The third kappa shape index (κ3) is 6.78. The summed E-state index contributed by atoms with van der Waals surface area (Å²) < 4.78 is 47.0. The lowest BCUT2D eigenvalue weighted by Crippen LogP contribution is -2.44. The second-order valence-corrected chi connectivity index (χ2v) is 14.7. The van der Waals surface area contributed by atoms with Gasteiger partial charge in [0.2, 0.25) is 11.8 Å². The highest BCUT2D eigenvalue weighted by Crippen LogP contribution is 2.38. The predicted molar refractivity (Wildman–Crippen MR) is 193 cm³/mol. The predicted octanol–water partition coefficient (Wildman–Crippen LogP) is 5.21. The molecule has 0 spiro atoms. The van der Waals surface area contributed by atoms with Gasteiger partial charge < -0.3 is 10.2 Å². The fraction of sp³-hybridized carbons (Fsp3) is 0.447. The van der Waals surface area contributed by atoms with Crippen LogP contribution in [0.1, 0.15) is 91.1 Å². The number of piperidine rings is 2. The summed E-state index contributed by atoms with van der Waals surface area (Å²) in [5.41, 5.74) is 1.68. The van der Waals surface area contributed by atoms with Crippen LogP contribution in [-0.4, -0.2) is 77.3 Å². The van der Waals surface area contributed by atoms with Crippen LogP contribution < -0.4 is 16.3 Å². The maximum Gasteiger partial charge on any atom is 0.329 e. The molecule has 0 bridgehead atoms. The van der Waals surface area contributed by atoms with Gasteiger partial charge in [-0.3, -0.25) is 33.5 Å². The molecule has 4 aromatic heterocycles. The standard InChI is InChI=1S/C38H40F3N9O4/c1-47-34-25(4-2-7-30(34)50(38(47)54)31-12-13-33(51)45-37(31)53)24-14-15-48(20-26(24)39)18-21-8-10-23(11-9-21)49-19-22-16-32(42-17-29(22)46-49)44-36(52)28-6-3-5-27(43-28)35(40)41/h2-7,16-17,19,21,23-24,26,31,35H,8-15,18,20H2,1H3,(H,44,52)(H,45,51,53)/t21-,23-,24-,26+,31?/m0/s1. The number of hydrogen-bond donors (Lipinski definition) is 2. The Morgan fingerprint density at radius 1 is 1.04 bits per heavy atom. The molecule has 54 heavy (non-hydrogen) atoms. The van der Waals surface area contributed by atoms with Crippen molar-refractivity contribution in [3.63, 3.8) is 0 Å². The number of amides is 3. The first-order chi connectivity index (χ1) is 26.0. The molecule has 6 heterocycles. The molecule has 16 heteroatoms. The summed E-state index contributed by atoms with van der Waals surface area (Å²) in [6.45, 7) is 1.83. The first-order valence-corrected chi connectivity index (χ1v) is 18.4.